The molecule has 1 aliphatic rings. The molecule has 0 radical (unpaired) electrons. The second-order valence-electron chi connectivity index (χ2n) is 4.94. The Balaban J connectivity index is 1.67. The van der Waals surface area contributed by atoms with Crippen molar-refractivity contribution in [1.82, 2.24) is 4.90 Å². The predicted molar refractivity (Wildman–Crippen MR) is 83.4 cm³/mol. The van der Waals surface area contributed by atoms with Gasteiger partial charge in [-0.2, -0.15) is 0 Å². The molecular formula is C16H14ClNO2S. The molecule has 0 fully saturated rings. The van der Waals surface area contributed by atoms with Crippen LogP contribution in [0.2, 0.25) is 5.02 Å². The predicted octanol–water partition coefficient (Wildman–Crippen LogP) is 2.99. The van der Waals surface area contributed by atoms with Crippen molar-refractivity contribution in [3.63, 3.8) is 0 Å². The van der Waals surface area contributed by atoms with Gasteiger partial charge in [0.25, 0.3) is 5.91 Å². The van der Waals surface area contributed by atoms with Crippen LogP contribution in [0.25, 0.3) is 0 Å². The second kappa shape index (κ2) is 6.10. The van der Waals surface area contributed by atoms with Crippen molar-refractivity contribution >= 4 is 28.7 Å². The molecule has 108 valence electrons. The Morgan fingerprint density at radius 2 is 1.67 bits per heavy atom. The summed E-state index contributed by atoms with van der Waals surface area (Å²) in [5.74, 6) is -0.137. The summed E-state index contributed by atoms with van der Waals surface area (Å²) in [5, 5.41) is 0.438. The molecule has 3 rings (SSSR count). The average molecular weight is 320 g/mol. The molecule has 1 aliphatic heterocycles. The van der Waals surface area contributed by atoms with E-state index in [2.05, 4.69) is 0 Å². The molecule has 2 aromatic carbocycles. The number of benzene rings is 2. The Morgan fingerprint density at radius 1 is 1.10 bits per heavy atom. The summed E-state index contributed by atoms with van der Waals surface area (Å²) in [6.07, 6.45) is 0. The zero-order chi connectivity index (χ0) is 14.8. The van der Waals surface area contributed by atoms with Crippen molar-refractivity contribution in [3.05, 3.63) is 64.7 Å². The fourth-order valence-electron chi connectivity index (χ4n) is 2.42. The van der Waals surface area contributed by atoms with Gasteiger partial charge < -0.3 is 9.45 Å². The van der Waals surface area contributed by atoms with Crippen LogP contribution < -0.4 is 0 Å². The van der Waals surface area contributed by atoms with Gasteiger partial charge >= 0.3 is 0 Å². The quantitative estimate of drug-likeness (QED) is 0.816. The highest BCUT2D eigenvalue weighted by molar-refractivity contribution is 7.92. The Labute approximate surface area is 131 Å². The third-order valence-corrected chi connectivity index (χ3v) is 5.33. The molecule has 1 unspecified atom stereocenters. The molecule has 0 bridgehead atoms. The van der Waals surface area contributed by atoms with Gasteiger partial charge in [-0.15, -0.1) is 0 Å². The summed E-state index contributed by atoms with van der Waals surface area (Å²) < 4.78 is 12.3. The van der Waals surface area contributed by atoms with E-state index in [-0.39, 0.29) is 11.7 Å². The summed E-state index contributed by atoms with van der Waals surface area (Å²) in [4.78, 5) is 14.6. The Bertz CT molecular complexity index is 652. The van der Waals surface area contributed by atoms with E-state index >= 15 is 0 Å². The van der Waals surface area contributed by atoms with Crippen LogP contribution in [0.15, 0.2) is 53.4 Å². The van der Waals surface area contributed by atoms with Gasteiger partial charge in [0, 0.05) is 13.1 Å². The average Bonchev–Trinajstić information content (AvgIpc) is 2.91. The minimum Gasteiger partial charge on any atom is -0.611 e. The van der Waals surface area contributed by atoms with E-state index in [9.17, 15) is 9.35 Å². The molecule has 0 saturated heterocycles. The van der Waals surface area contributed by atoms with Crippen LogP contribution in [0.4, 0.5) is 0 Å². The molecule has 2 aromatic rings. The zero-order valence-electron chi connectivity index (χ0n) is 11.3. The molecular weight excluding hydrogens is 306 g/mol. The minimum atomic E-state index is -1.41. The maximum absolute atomic E-state index is 12.3. The maximum atomic E-state index is 12.3. The van der Waals surface area contributed by atoms with E-state index < -0.39 is 11.2 Å². The van der Waals surface area contributed by atoms with Gasteiger partial charge in [0.15, 0.2) is 10.6 Å². The Kier molecular flexibility index (Phi) is 4.19. The van der Waals surface area contributed by atoms with E-state index in [1.807, 2.05) is 24.3 Å². The molecule has 0 spiro atoms. The second-order valence-corrected chi connectivity index (χ2v) is 6.77. The van der Waals surface area contributed by atoms with E-state index in [0.29, 0.717) is 23.0 Å². The lowest BCUT2D eigenvalue weighted by Gasteiger charge is -2.17. The van der Waals surface area contributed by atoms with Crippen LogP contribution in [0, 0.1) is 0 Å². The monoisotopic (exact) mass is 319 g/mol. The van der Waals surface area contributed by atoms with Crippen LogP contribution in [0.5, 0.6) is 0 Å². The van der Waals surface area contributed by atoms with E-state index in [0.717, 1.165) is 11.1 Å². The number of nitrogens with zero attached hydrogens (tertiary/aromatic N) is 1. The van der Waals surface area contributed by atoms with Gasteiger partial charge in [0.05, 0.1) is 5.02 Å². The van der Waals surface area contributed by atoms with E-state index in [4.69, 9.17) is 11.6 Å². The van der Waals surface area contributed by atoms with Crippen LogP contribution in [-0.4, -0.2) is 21.1 Å². The fourth-order valence-corrected chi connectivity index (χ4v) is 3.89. The first-order chi connectivity index (χ1) is 10.1. The van der Waals surface area contributed by atoms with Crippen molar-refractivity contribution < 1.29 is 9.35 Å². The molecule has 1 atom stereocenters. The maximum Gasteiger partial charge on any atom is 0.273 e. The molecule has 0 aliphatic carbocycles. The lowest BCUT2D eigenvalue weighted by molar-refractivity contribution is -0.129. The third-order valence-electron chi connectivity index (χ3n) is 3.53. The number of hydrogen-bond donors (Lipinski definition) is 0. The number of amides is 1. The zero-order valence-corrected chi connectivity index (χ0v) is 12.9. The molecule has 21 heavy (non-hydrogen) atoms. The van der Waals surface area contributed by atoms with Crippen molar-refractivity contribution in [2.24, 2.45) is 0 Å². The molecule has 0 N–H and O–H groups in total. The fraction of sp³-hybridized carbons (Fsp3) is 0.188. The molecule has 3 nitrogen and oxygen atoms in total. The number of halogens is 1. The third kappa shape index (κ3) is 3.07. The summed E-state index contributed by atoms with van der Waals surface area (Å²) in [7, 11) is 0. The van der Waals surface area contributed by atoms with E-state index in [1.165, 1.54) is 0 Å². The molecule has 1 amide bonds. The molecule has 1 heterocycles. The molecule has 0 saturated carbocycles. The van der Waals surface area contributed by atoms with Gasteiger partial charge in [0.2, 0.25) is 0 Å². The van der Waals surface area contributed by atoms with Crippen LogP contribution in [-0.2, 0) is 29.1 Å². The number of carbonyl (C=O) groups is 1. The summed E-state index contributed by atoms with van der Waals surface area (Å²) in [6, 6.07) is 14.9. The highest BCUT2D eigenvalue weighted by atomic mass is 35.5. The van der Waals surface area contributed by atoms with Crippen LogP contribution in [0.3, 0.4) is 0 Å². The van der Waals surface area contributed by atoms with Crippen molar-refractivity contribution in [2.45, 2.75) is 18.0 Å². The van der Waals surface area contributed by atoms with Gasteiger partial charge in [-0.05, 0) is 34.4 Å². The van der Waals surface area contributed by atoms with Crippen LogP contribution >= 0.6 is 11.6 Å². The summed E-state index contributed by atoms with van der Waals surface area (Å²) in [6.45, 7) is 1.18. The summed E-state index contributed by atoms with van der Waals surface area (Å²) in [5.41, 5.74) is 2.32. The van der Waals surface area contributed by atoms with Crippen LogP contribution in [0.1, 0.15) is 11.1 Å². The lowest BCUT2D eigenvalue weighted by atomic mass is 10.1. The largest absolute Gasteiger partial charge is 0.611 e. The van der Waals surface area contributed by atoms with Gasteiger partial charge in [-0.1, -0.05) is 48.0 Å². The smallest absolute Gasteiger partial charge is 0.273 e. The Hall–Kier alpha value is -1.49. The first kappa shape index (κ1) is 14.4. The summed E-state index contributed by atoms with van der Waals surface area (Å²) >= 11 is 4.61. The van der Waals surface area contributed by atoms with Crippen molar-refractivity contribution in [1.29, 1.82) is 0 Å². The standard InChI is InChI=1S/C16H14ClNO2S/c17-14-7-3-4-8-15(14)21(20)11-16(19)18-9-12-5-1-2-6-13(12)10-18/h1-8H,9-11H2. The van der Waals surface area contributed by atoms with E-state index in [1.54, 1.807) is 29.2 Å². The van der Waals surface area contributed by atoms with Gasteiger partial charge in [-0.3, -0.25) is 4.79 Å². The topological polar surface area (TPSA) is 43.4 Å². The SMILES string of the molecule is O=C(C[S+]([O-])c1ccccc1Cl)N1Cc2ccccc2C1. The lowest BCUT2D eigenvalue weighted by Crippen LogP contribution is -2.31. The number of carbonyl (C=O) groups excluding carboxylic acids is 1. The number of hydrogen-bond acceptors (Lipinski definition) is 2. The van der Waals surface area contributed by atoms with Gasteiger partial charge in [0.1, 0.15) is 0 Å². The molecule has 5 heteroatoms. The van der Waals surface area contributed by atoms with Crippen molar-refractivity contribution in [2.75, 3.05) is 5.75 Å². The Morgan fingerprint density at radius 3 is 2.29 bits per heavy atom. The number of rotatable bonds is 3. The highest BCUT2D eigenvalue weighted by Crippen LogP contribution is 2.25. The van der Waals surface area contributed by atoms with Gasteiger partial charge in [-0.25, -0.2) is 0 Å². The first-order valence-electron chi connectivity index (χ1n) is 6.62. The minimum absolute atomic E-state index is 0.0300. The highest BCUT2D eigenvalue weighted by Gasteiger charge is 2.27. The molecule has 0 aromatic heterocycles. The number of fused-ring (bicyclic) bond motifs is 1. The van der Waals surface area contributed by atoms with Crippen molar-refractivity contribution in [3.8, 4) is 0 Å². The normalized spacial score (nSPS) is 14.9. The first-order valence-corrected chi connectivity index (χ1v) is 8.32.